The molecule has 0 aliphatic heterocycles. The summed E-state index contributed by atoms with van der Waals surface area (Å²) < 4.78 is 0. The third-order valence-electron chi connectivity index (χ3n) is 4.22. The highest BCUT2D eigenvalue weighted by Gasteiger charge is 2.37. The largest absolute Gasteiger partial charge is 0.314 e. The van der Waals surface area contributed by atoms with Crippen molar-refractivity contribution in [3.8, 4) is 0 Å². The van der Waals surface area contributed by atoms with Crippen LogP contribution < -0.4 is 5.32 Å². The van der Waals surface area contributed by atoms with Crippen molar-refractivity contribution in [2.45, 2.75) is 64.8 Å². The Morgan fingerprint density at radius 3 is 2.47 bits per heavy atom. The second-order valence-electron chi connectivity index (χ2n) is 6.06. The highest BCUT2D eigenvalue weighted by atomic mass is 14.9. The molecule has 0 amide bonds. The third-order valence-corrected chi connectivity index (χ3v) is 4.22. The van der Waals surface area contributed by atoms with Crippen LogP contribution in [-0.4, -0.2) is 12.6 Å². The number of rotatable bonds is 5. The molecule has 2 atom stereocenters. The van der Waals surface area contributed by atoms with E-state index in [-0.39, 0.29) is 0 Å². The Balaban J connectivity index is 1.57. The van der Waals surface area contributed by atoms with E-state index in [4.69, 9.17) is 0 Å². The van der Waals surface area contributed by atoms with Crippen molar-refractivity contribution in [3.05, 3.63) is 0 Å². The van der Waals surface area contributed by atoms with Gasteiger partial charge >= 0.3 is 0 Å². The van der Waals surface area contributed by atoms with E-state index in [0.29, 0.717) is 6.04 Å². The second-order valence-corrected chi connectivity index (χ2v) is 6.06. The Morgan fingerprint density at radius 1 is 1.07 bits per heavy atom. The van der Waals surface area contributed by atoms with Crippen LogP contribution >= 0.6 is 0 Å². The summed E-state index contributed by atoms with van der Waals surface area (Å²) in [6, 6.07) is 0.668. The van der Waals surface area contributed by atoms with Crippen molar-refractivity contribution in [1.82, 2.24) is 5.32 Å². The first kappa shape index (κ1) is 11.4. The lowest BCUT2D eigenvalue weighted by Crippen LogP contribution is -2.25. The summed E-state index contributed by atoms with van der Waals surface area (Å²) >= 11 is 0. The predicted molar refractivity (Wildman–Crippen MR) is 65.9 cm³/mol. The van der Waals surface area contributed by atoms with Gasteiger partial charge in [0.2, 0.25) is 0 Å². The Hall–Kier alpha value is -0.0400. The van der Waals surface area contributed by atoms with E-state index in [0.717, 1.165) is 17.8 Å². The van der Waals surface area contributed by atoms with Crippen LogP contribution in [0.4, 0.5) is 0 Å². The average Bonchev–Trinajstić information content (AvgIpc) is 2.95. The first-order chi connectivity index (χ1) is 7.25. The second kappa shape index (κ2) is 5.34. The maximum absolute atomic E-state index is 3.57. The summed E-state index contributed by atoms with van der Waals surface area (Å²) in [7, 11) is 0. The molecule has 0 aromatic carbocycles. The minimum atomic E-state index is 0.668. The summed E-state index contributed by atoms with van der Waals surface area (Å²) in [6.07, 6.45) is 10.6. The third kappa shape index (κ3) is 3.79. The van der Waals surface area contributed by atoms with E-state index in [1.807, 2.05) is 0 Å². The summed E-state index contributed by atoms with van der Waals surface area (Å²) in [4.78, 5) is 0. The molecule has 2 fully saturated rings. The van der Waals surface area contributed by atoms with Gasteiger partial charge in [-0.05, 0) is 37.1 Å². The summed E-state index contributed by atoms with van der Waals surface area (Å²) in [5.41, 5.74) is 0. The SMILES string of the molecule is CC(C)NCC1CC1CC1CCCCC1. The molecule has 0 aromatic heterocycles. The highest BCUT2D eigenvalue weighted by Crippen LogP contribution is 2.45. The molecule has 0 radical (unpaired) electrons. The number of nitrogens with one attached hydrogen (secondary N) is 1. The van der Waals surface area contributed by atoms with Gasteiger partial charge in [-0.25, -0.2) is 0 Å². The smallest absolute Gasteiger partial charge is 0.00104 e. The van der Waals surface area contributed by atoms with Crippen LogP contribution in [0.5, 0.6) is 0 Å². The molecular formula is C14H27N. The summed E-state index contributed by atoms with van der Waals surface area (Å²) in [5.74, 6) is 3.20. The Bertz CT molecular complexity index is 182. The molecule has 1 heteroatoms. The molecule has 0 heterocycles. The lowest BCUT2D eigenvalue weighted by molar-refractivity contribution is 0.318. The normalized spacial score (nSPS) is 32.2. The number of hydrogen-bond acceptors (Lipinski definition) is 1. The van der Waals surface area contributed by atoms with E-state index in [2.05, 4.69) is 19.2 Å². The first-order valence-corrected chi connectivity index (χ1v) is 6.99. The molecule has 2 saturated carbocycles. The van der Waals surface area contributed by atoms with Crippen LogP contribution in [0.15, 0.2) is 0 Å². The topological polar surface area (TPSA) is 12.0 Å². The van der Waals surface area contributed by atoms with Gasteiger partial charge in [-0.2, -0.15) is 0 Å². The first-order valence-electron chi connectivity index (χ1n) is 6.99. The Kier molecular flexibility index (Phi) is 4.07. The molecule has 0 spiro atoms. The van der Waals surface area contributed by atoms with Crippen molar-refractivity contribution in [2.75, 3.05) is 6.54 Å². The van der Waals surface area contributed by atoms with Gasteiger partial charge in [0.1, 0.15) is 0 Å². The van der Waals surface area contributed by atoms with E-state index in [1.54, 1.807) is 6.42 Å². The zero-order valence-electron chi connectivity index (χ0n) is 10.5. The van der Waals surface area contributed by atoms with Gasteiger partial charge < -0.3 is 5.32 Å². The van der Waals surface area contributed by atoms with Crippen LogP contribution in [0.25, 0.3) is 0 Å². The van der Waals surface area contributed by atoms with Crippen LogP contribution in [0.2, 0.25) is 0 Å². The number of hydrogen-bond donors (Lipinski definition) is 1. The molecule has 2 aliphatic carbocycles. The van der Waals surface area contributed by atoms with Crippen LogP contribution in [-0.2, 0) is 0 Å². The van der Waals surface area contributed by atoms with Crippen LogP contribution in [0.1, 0.15) is 58.8 Å². The summed E-state index contributed by atoms with van der Waals surface area (Å²) in [6.45, 7) is 5.77. The molecule has 15 heavy (non-hydrogen) atoms. The molecular weight excluding hydrogens is 182 g/mol. The van der Waals surface area contributed by atoms with Gasteiger partial charge in [-0.3, -0.25) is 0 Å². The lowest BCUT2D eigenvalue weighted by Gasteiger charge is -2.21. The molecule has 2 unspecified atom stereocenters. The average molecular weight is 209 g/mol. The fourth-order valence-electron chi connectivity index (χ4n) is 3.09. The van der Waals surface area contributed by atoms with Gasteiger partial charge in [0, 0.05) is 6.04 Å². The van der Waals surface area contributed by atoms with E-state index >= 15 is 0 Å². The quantitative estimate of drug-likeness (QED) is 0.729. The Morgan fingerprint density at radius 2 is 1.80 bits per heavy atom. The van der Waals surface area contributed by atoms with Crippen LogP contribution in [0.3, 0.4) is 0 Å². The molecule has 0 saturated heterocycles. The molecule has 2 rings (SSSR count). The molecule has 0 bridgehead atoms. The van der Waals surface area contributed by atoms with Gasteiger partial charge in [0.05, 0.1) is 0 Å². The standard InChI is InChI=1S/C14H27N/c1-11(2)15-10-14-9-13(14)8-12-6-4-3-5-7-12/h11-15H,3-10H2,1-2H3. The predicted octanol–water partition coefficient (Wildman–Crippen LogP) is 3.59. The lowest BCUT2D eigenvalue weighted by atomic mass is 9.85. The van der Waals surface area contributed by atoms with Crippen molar-refractivity contribution < 1.29 is 0 Å². The van der Waals surface area contributed by atoms with Gasteiger partial charge in [0.25, 0.3) is 0 Å². The van der Waals surface area contributed by atoms with E-state index < -0.39 is 0 Å². The Labute approximate surface area is 95.0 Å². The van der Waals surface area contributed by atoms with Crippen molar-refractivity contribution in [3.63, 3.8) is 0 Å². The van der Waals surface area contributed by atoms with Gasteiger partial charge in [-0.15, -0.1) is 0 Å². The zero-order chi connectivity index (χ0) is 10.7. The van der Waals surface area contributed by atoms with Crippen molar-refractivity contribution in [1.29, 1.82) is 0 Å². The highest BCUT2D eigenvalue weighted by molar-refractivity contribution is 4.89. The molecule has 0 aromatic rings. The van der Waals surface area contributed by atoms with Crippen LogP contribution in [0, 0.1) is 17.8 Å². The maximum Gasteiger partial charge on any atom is 0.00104 e. The maximum atomic E-state index is 3.57. The minimum Gasteiger partial charge on any atom is -0.314 e. The van der Waals surface area contributed by atoms with Gasteiger partial charge in [-0.1, -0.05) is 46.0 Å². The monoisotopic (exact) mass is 209 g/mol. The summed E-state index contributed by atoms with van der Waals surface area (Å²) in [5, 5.41) is 3.57. The fourth-order valence-corrected chi connectivity index (χ4v) is 3.09. The zero-order valence-corrected chi connectivity index (χ0v) is 10.5. The fraction of sp³-hybridized carbons (Fsp3) is 1.00. The molecule has 2 aliphatic rings. The molecule has 1 N–H and O–H groups in total. The minimum absolute atomic E-state index is 0.668. The van der Waals surface area contributed by atoms with E-state index in [1.165, 1.54) is 45.1 Å². The van der Waals surface area contributed by atoms with E-state index in [9.17, 15) is 0 Å². The van der Waals surface area contributed by atoms with Crippen molar-refractivity contribution >= 4 is 0 Å². The van der Waals surface area contributed by atoms with Gasteiger partial charge in [0.15, 0.2) is 0 Å². The molecule has 88 valence electrons. The van der Waals surface area contributed by atoms with Crippen molar-refractivity contribution in [2.24, 2.45) is 17.8 Å². The molecule has 1 nitrogen and oxygen atoms in total.